The van der Waals surface area contributed by atoms with Crippen molar-refractivity contribution in [3.8, 4) is 22.1 Å². The van der Waals surface area contributed by atoms with Crippen LogP contribution in [-0.4, -0.2) is 23.8 Å². The fraction of sp³-hybridized carbons (Fsp3) is 0.357. The van der Waals surface area contributed by atoms with E-state index in [2.05, 4.69) is 4.98 Å². The maximum absolute atomic E-state index is 9.20. The van der Waals surface area contributed by atoms with E-state index in [9.17, 15) is 5.11 Å². The number of aliphatic hydroxyl groups excluding tert-OH is 1. The van der Waals surface area contributed by atoms with Crippen LogP contribution in [0.4, 0.5) is 0 Å². The minimum Gasteiger partial charge on any atom is -0.493 e. The lowest BCUT2D eigenvalue weighted by molar-refractivity contribution is 0.277. The lowest BCUT2D eigenvalue weighted by Crippen LogP contribution is -1.95. The number of aliphatic hydroxyl groups is 1. The highest BCUT2D eigenvalue weighted by molar-refractivity contribution is 7.15. The van der Waals surface area contributed by atoms with Crippen LogP contribution in [-0.2, 0) is 6.61 Å². The van der Waals surface area contributed by atoms with Crippen molar-refractivity contribution < 1.29 is 14.6 Å². The van der Waals surface area contributed by atoms with E-state index >= 15 is 0 Å². The first-order chi connectivity index (χ1) is 9.19. The summed E-state index contributed by atoms with van der Waals surface area (Å²) in [5, 5.41) is 10.1. The summed E-state index contributed by atoms with van der Waals surface area (Å²) in [6, 6.07) is 5.73. The molecular weight excluding hydrogens is 262 g/mol. The minimum atomic E-state index is -0.0309. The number of methoxy groups -OCH3 is 1. The first-order valence-electron chi connectivity index (χ1n) is 6.08. The van der Waals surface area contributed by atoms with E-state index in [1.54, 1.807) is 18.4 Å². The van der Waals surface area contributed by atoms with E-state index in [4.69, 9.17) is 9.47 Å². The molecule has 1 aromatic carbocycles. The predicted octanol–water partition coefficient (Wildman–Crippen LogP) is 3.02. The van der Waals surface area contributed by atoms with Crippen LogP contribution in [0.2, 0.25) is 0 Å². The predicted molar refractivity (Wildman–Crippen MR) is 75.9 cm³/mol. The van der Waals surface area contributed by atoms with Crippen molar-refractivity contribution in [1.29, 1.82) is 0 Å². The second kappa shape index (κ2) is 6.04. The number of thiazole rings is 1. The van der Waals surface area contributed by atoms with Crippen LogP contribution >= 0.6 is 11.3 Å². The van der Waals surface area contributed by atoms with Gasteiger partial charge in [-0.2, -0.15) is 0 Å². The van der Waals surface area contributed by atoms with E-state index < -0.39 is 0 Å². The Morgan fingerprint density at radius 2 is 2.11 bits per heavy atom. The summed E-state index contributed by atoms with van der Waals surface area (Å²) in [4.78, 5) is 5.46. The van der Waals surface area contributed by atoms with Crippen molar-refractivity contribution in [3.63, 3.8) is 0 Å². The number of aryl methyl sites for hydroxylation is 1. The summed E-state index contributed by atoms with van der Waals surface area (Å²) >= 11 is 1.56. The smallest absolute Gasteiger partial charge is 0.161 e. The van der Waals surface area contributed by atoms with Gasteiger partial charge in [0.15, 0.2) is 11.5 Å². The Labute approximate surface area is 116 Å². The van der Waals surface area contributed by atoms with Crippen molar-refractivity contribution in [1.82, 2.24) is 4.98 Å². The molecule has 0 fully saturated rings. The normalized spacial score (nSPS) is 10.5. The molecule has 0 saturated carbocycles. The van der Waals surface area contributed by atoms with Gasteiger partial charge in [-0.3, -0.25) is 0 Å². The molecule has 0 aliphatic rings. The first kappa shape index (κ1) is 13.8. The Kier molecular flexibility index (Phi) is 4.39. The van der Waals surface area contributed by atoms with Crippen LogP contribution in [0, 0.1) is 6.92 Å². The molecule has 1 heterocycles. The molecule has 0 radical (unpaired) electrons. The fourth-order valence-electron chi connectivity index (χ4n) is 1.78. The molecule has 0 saturated heterocycles. The highest BCUT2D eigenvalue weighted by atomic mass is 32.1. The zero-order valence-corrected chi connectivity index (χ0v) is 12.1. The monoisotopic (exact) mass is 279 g/mol. The van der Waals surface area contributed by atoms with E-state index in [-0.39, 0.29) is 6.61 Å². The molecule has 0 aliphatic carbocycles. The molecular formula is C14H17NO3S. The third kappa shape index (κ3) is 2.88. The highest BCUT2D eigenvalue weighted by Crippen LogP contribution is 2.35. The molecule has 0 amide bonds. The standard InChI is InChI=1S/C14H17NO3S/c1-4-18-13-7-10(5-6-12(13)17-3)14-15-11(8-16)9(2)19-14/h5-7,16H,4,8H2,1-3H3. The molecule has 2 aromatic rings. The Balaban J connectivity index is 2.41. The molecule has 102 valence electrons. The molecule has 5 heteroatoms. The third-order valence-electron chi connectivity index (χ3n) is 2.75. The second-order valence-electron chi connectivity index (χ2n) is 3.98. The maximum Gasteiger partial charge on any atom is 0.161 e. The van der Waals surface area contributed by atoms with Gasteiger partial charge in [-0.25, -0.2) is 4.98 Å². The number of rotatable bonds is 5. The molecule has 4 nitrogen and oxygen atoms in total. The molecule has 0 spiro atoms. The Hall–Kier alpha value is -1.59. The van der Waals surface area contributed by atoms with Gasteiger partial charge >= 0.3 is 0 Å². The first-order valence-corrected chi connectivity index (χ1v) is 6.89. The van der Waals surface area contributed by atoms with Gasteiger partial charge in [-0.15, -0.1) is 11.3 Å². The summed E-state index contributed by atoms with van der Waals surface area (Å²) in [5.74, 6) is 1.42. The van der Waals surface area contributed by atoms with Crippen LogP contribution in [0.3, 0.4) is 0 Å². The quantitative estimate of drug-likeness (QED) is 0.914. The van der Waals surface area contributed by atoms with E-state index in [0.717, 1.165) is 21.1 Å². The number of aromatic nitrogens is 1. The fourth-order valence-corrected chi connectivity index (χ4v) is 2.69. The number of ether oxygens (including phenoxy) is 2. The topological polar surface area (TPSA) is 51.6 Å². The number of nitrogens with zero attached hydrogens (tertiary/aromatic N) is 1. The maximum atomic E-state index is 9.20. The van der Waals surface area contributed by atoms with Crippen LogP contribution in [0.1, 0.15) is 17.5 Å². The Morgan fingerprint density at radius 3 is 2.68 bits per heavy atom. The average Bonchev–Trinajstić information content (AvgIpc) is 2.80. The van der Waals surface area contributed by atoms with Gasteiger partial charge in [0.25, 0.3) is 0 Å². The van der Waals surface area contributed by atoms with Crippen molar-refractivity contribution in [2.45, 2.75) is 20.5 Å². The van der Waals surface area contributed by atoms with Crippen molar-refractivity contribution in [2.24, 2.45) is 0 Å². The molecule has 0 unspecified atom stereocenters. The summed E-state index contributed by atoms with van der Waals surface area (Å²) in [6.45, 7) is 4.44. The van der Waals surface area contributed by atoms with Gasteiger partial charge in [0.05, 0.1) is 26.0 Å². The number of benzene rings is 1. The van der Waals surface area contributed by atoms with Crippen molar-refractivity contribution >= 4 is 11.3 Å². The molecule has 0 aliphatic heterocycles. The highest BCUT2D eigenvalue weighted by Gasteiger charge is 2.12. The van der Waals surface area contributed by atoms with Gasteiger partial charge in [0, 0.05) is 10.4 Å². The summed E-state index contributed by atoms with van der Waals surface area (Å²) < 4.78 is 10.8. The van der Waals surface area contributed by atoms with Crippen LogP contribution in [0.5, 0.6) is 11.5 Å². The van der Waals surface area contributed by atoms with E-state index in [1.807, 2.05) is 32.0 Å². The van der Waals surface area contributed by atoms with Crippen molar-refractivity contribution in [2.75, 3.05) is 13.7 Å². The Bertz CT molecular complexity index is 566. The zero-order valence-electron chi connectivity index (χ0n) is 11.3. The van der Waals surface area contributed by atoms with Crippen molar-refractivity contribution in [3.05, 3.63) is 28.8 Å². The molecule has 1 aromatic heterocycles. The molecule has 0 atom stereocenters. The second-order valence-corrected chi connectivity index (χ2v) is 5.18. The largest absolute Gasteiger partial charge is 0.493 e. The van der Waals surface area contributed by atoms with Crippen LogP contribution in [0.25, 0.3) is 10.6 Å². The van der Waals surface area contributed by atoms with Gasteiger partial charge in [-0.05, 0) is 32.0 Å². The molecule has 2 rings (SSSR count). The van der Waals surface area contributed by atoms with E-state index in [1.165, 1.54) is 0 Å². The number of hydrogen-bond donors (Lipinski definition) is 1. The van der Waals surface area contributed by atoms with Gasteiger partial charge < -0.3 is 14.6 Å². The molecule has 0 bridgehead atoms. The minimum absolute atomic E-state index is 0.0309. The van der Waals surface area contributed by atoms with Gasteiger partial charge in [0.2, 0.25) is 0 Å². The SMILES string of the molecule is CCOc1cc(-c2nc(CO)c(C)s2)ccc1OC. The zero-order chi connectivity index (χ0) is 13.8. The summed E-state index contributed by atoms with van der Waals surface area (Å²) in [5.41, 5.74) is 1.70. The summed E-state index contributed by atoms with van der Waals surface area (Å²) in [7, 11) is 1.62. The van der Waals surface area contributed by atoms with Gasteiger partial charge in [0.1, 0.15) is 5.01 Å². The average molecular weight is 279 g/mol. The van der Waals surface area contributed by atoms with Crippen LogP contribution < -0.4 is 9.47 Å². The number of hydrogen-bond acceptors (Lipinski definition) is 5. The summed E-state index contributed by atoms with van der Waals surface area (Å²) in [6.07, 6.45) is 0. The Morgan fingerprint density at radius 1 is 1.32 bits per heavy atom. The lowest BCUT2D eigenvalue weighted by Gasteiger charge is -2.10. The molecule has 19 heavy (non-hydrogen) atoms. The lowest BCUT2D eigenvalue weighted by atomic mass is 10.2. The third-order valence-corrected chi connectivity index (χ3v) is 3.81. The van der Waals surface area contributed by atoms with Crippen LogP contribution in [0.15, 0.2) is 18.2 Å². The van der Waals surface area contributed by atoms with Gasteiger partial charge in [-0.1, -0.05) is 0 Å². The molecule has 1 N–H and O–H groups in total. The van der Waals surface area contributed by atoms with E-state index in [0.29, 0.717) is 18.1 Å².